The summed E-state index contributed by atoms with van der Waals surface area (Å²) in [6, 6.07) is 0. The average Bonchev–Trinajstić information content (AvgIpc) is 1.68. The second kappa shape index (κ2) is 3.55. The molecular formula is C3H7NO3. The van der Waals surface area contributed by atoms with E-state index in [9.17, 15) is 4.91 Å². The number of nitrogens with zero attached hydrogens (tertiary/aromatic N) is 1. The Hall–Kier alpha value is -0.640. The first kappa shape index (κ1) is 6.36. The smallest absolute Gasteiger partial charge is 0.155 e. The lowest BCUT2D eigenvalue weighted by molar-refractivity contribution is 0.0261. The van der Waals surface area contributed by atoms with Gasteiger partial charge in [0.05, 0.1) is 6.61 Å². The van der Waals surface area contributed by atoms with Gasteiger partial charge in [0.15, 0.2) is 11.4 Å². The lowest BCUT2D eigenvalue weighted by atomic mass is 10.5. The maximum Gasteiger partial charge on any atom is 0.155 e. The number of aliphatic hydroxyl groups is 1. The van der Waals surface area contributed by atoms with Crippen molar-refractivity contribution in [3.63, 3.8) is 0 Å². The molecular weight excluding hydrogens is 98.0 g/mol. The lowest BCUT2D eigenvalue weighted by Crippen LogP contribution is -2.08. The molecule has 0 fully saturated rings. The molecule has 0 aliphatic carbocycles. The summed E-state index contributed by atoms with van der Waals surface area (Å²) >= 11 is 0. The van der Waals surface area contributed by atoms with Crippen molar-refractivity contribution >= 4 is 0 Å². The van der Waals surface area contributed by atoms with Gasteiger partial charge >= 0.3 is 0 Å². The zero-order valence-corrected chi connectivity index (χ0v) is 4.00. The average molecular weight is 105 g/mol. The van der Waals surface area contributed by atoms with Gasteiger partial charge in [-0.2, -0.15) is 0 Å². The molecule has 4 heteroatoms. The van der Waals surface area contributed by atoms with Crippen molar-refractivity contribution in [1.29, 1.82) is 0 Å². The van der Waals surface area contributed by atoms with E-state index in [4.69, 9.17) is 5.11 Å². The van der Waals surface area contributed by atoms with Crippen LogP contribution in [-0.2, 0) is 4.84 Å². The van der Waals surface area contributed by atoms with E-state index in [0.717, 1.165) is 0 Å². The Kier molecular flexibility index (Phi) is 3.22. The van der Waals surface area contributed by atoms with E-state index in [-0.39, 0.29) is 6.61 Å². The van der Waals surface area contributed by atoms with Gasteiger partial charge in [-0.05, 0) is 6.92 Å². The first-order valence-corrected chi connectivity index (χ1v) is 1.90. The SMILES string of the molecule is C[C@@H](CO)ON=O. The third-order valence-corrected chi connectivity index (χ3v) is 0.480. The number of hydrogen-bond donors (Lipinski definition) is 1. The van der Waals surface area contributed by atoms with Gasteiger partial charge < -0.3 is 9.94 Å². The fourth-order valence-corrected chi connectivity index (χ4v) is 0.107. The van der Waals surface area contributed by atoms with E-state index in [1.54, 1.807) is 6.92 Å². The molecule has 0 amide bonds. The van der Waals surface area contributed by atoms with Gasteiger partial charge in [0.1, 0.15) is 0 Å². The molecule has 42 valence electrons. The van der Waals surface area contributed by atoms with Crippen LogP contribution in [0.15, 0.2) is 5.34 Å². The summed E-state index contributed by atoms with van der Waals surface area (Å²) in [4.78, 5) is 13.2. The summed E-state index contributed by atoms with van der Waals surface area (Å²) in [5.41, 5.74) is 0. The first-order valence-electron chi connectivity index (χ1n) is 1.90. The molecule has 0 heterocycles. The molecule has 0 unspecified atom stereocenters. The van der Waals surface area contributed by atoms with Crippen LogP contribution in [0.3, 0.4) is 0 Å². The molecule has 1 N–H and O–H groups in total. The molecule has 0 saturated carbocycles. The second-order valence-corrected chi connectivity index (χ2v) is 1.17. The Labute approximate surface area is 41.0 Å². The van der Waals surface area contributed by atoms with E-state index >= 15 is 0 Å². The highest BCUT2D eigenvalue weighted by atomic mass is 16.7. The molecule has 0 rings (SSSR count). The molecule has 0 aromatic carbocycles. The molecule has 4 nitrogen and oxygen atoms in total. The molecule has 0 aromatic heterocycles. The van der Waals surface area contributed by atoms with Crippen molar-refractivity contribution < 1.29 is 9.94 Å². The summed E-state index contributed by atoms with van der Waals surface area (Å²) in [5, 5.41) is 10.2. The van der Waals surface area contributed by atoms with E-state index < -0.39 is 6.10 Å². The molecule has 0 aromatic rings. The number of rotatable bonds is 3. The van der Waals surface area contributed by atoms with Gasteiger partial charge in [0.2, 0.25) is 0 Å². The van der Waals surface area contributed by atoms with Gasteiger partial charge in [0, 0.05) is 0 Å². The predicted molar refractivity (Wildman–Crippen MR) is 23.4 cm³/mol. The van der Waals surface area contributed by atoms with E-state index in [1.165, 1.54) is 0 Å². The van der Waals surface area contributed by atoms with Crippen molar-refractivity contribution in [2.75, 3.05) is 6.61 Å². The van der Waals surface area contributed by atoms with E-state index in [1.807, 2.05) is 0 Å². The monoisotopic (exact) mass is 105 g/mol. The Morgan fingerprint density at radius 3 is 2.71 bits per heavy atom. The van der Waals surface area contributed by atoms with Crippen LogP contribution in [0.1, 0.15) is 6.92 Å². The van der Waals surface area contributed by atoms with Crippen LogP contribution in [0.25, 0.3) is 0 Å². The minimum absolute atomic E-state index is 0.175. The molecule has 7 heavy (non-hydrogen) atoms. The van der Waals surface area contributed by atoms with Crippen molar-refractivity contribution in [3.8, 4) is 0 Å². The summed E-state index contributed by atoms with van der Waals surface area (Å²) in [7, 11) is 0. The quantitative estimate of drug-likeness (QED) is 0.408. The Morgan fingerprint density at radius 2 is 2.57 bits per heavy atom. The van der Waals surface area contributed by atoms with Crippen LogP contribution >= 0.6 is 0 Å². The van der Waals surface area contributed by atoms with Gasteiger partial charge in [-0.1, -0.05) is 0 Å². The van der Waals surface area contributed by atoms with Crippen LogP contribution in [-0.4, -0.2) is 17.8 Å². The van der Waals surface area contributed by atoms with Crippen LogP contribution in [0.4, 0.5) is 0 Å². The van der Waals surface area contributed by atoms with Crippen molar-refractivity contribution in [1.82, 2.24) is 0 Å². The normalized spacial score (nSPS) is 12.9. The molecule has 0 bridgehead atoms. The van der Waals surface area contributed by atoms with Crippen molar-refractivity contribution in [2.24, 2.45) is 5.34 Å². The molecule has 0 saturated heterocycles. The van der Waals surface area contributed by atoms with Gasteiger partial charge in [-0.3, -0.25) is 0 Å². The van der Waals surface area contributed by atoms with Crippen molar-refractivity contribution in [3.05, 3.63) is 4.91 Å². The van der Waals surface area contributed by atoms with Crippen LogP contribution in [0, 0.1) is 4.91 Å². The first-order chi connectivity index (χ1) is 3.31. The molecule has 1 atom stereocenters. The van der Waals surface area contributed by atoms with Crippen LogP contribution in [0.2, 0.25) is 0 Å². The fourth-order valence-electron chi connectivity index (χ4n) is 0.107. The van der Waals surface area contributed by atoms with Gasteiger partial charge in [-0.25, -0.2) is 0 Å². The van der Waals surface area contributed by atoms with E-state index in [2.05, 4.69) is 10.2 Å². The summed E-state index contributed by atoms with van der Waals surface area (Å²) < 4.78 is 0. The minimum atomic E-state index is -0.475. The highest BCUT2D eigenvalue weighted by Crippen LogP contribution is 1.85. The predicted octanol–water partition coefficient (Wildman–Crippen LogP) is 0.0652. The van der Waals surface area contributed by atoms with Gasteiger partial charge in [-0.15, -0.1) is 4.91 Å². The zero-order valence-electron chi connectivity index (χ0n) is 4.00. The topological polar surface area (TPSA) is 58.9 Å². The highest BCUT2D eigenvalue weighted by Gasteiger charge is 1.95. The minimum Gasteiger partial charge on any atom is -0.392 e. The summed E-state index contributed by atoms with van der Waals surface area (Å²) in [6.07, 6.45) is -0.475. The zero-order chi connectivity index (χ0) is 5.70. The number of aliphatic hydroxyl groups excluding tert-OH is 1. The Bertz CT molecular complexity index is 56.1. The lowest BCUT2D eigenvalue weighted by Gasteiger charge is -1.98. The van der Waals surface area contributed by atoms with E-state index in [0.29, 0.717) is 0 Å². The number of hydrogen-bond acceptors (Lipinski definition) is 4. The summed E-state index contributed by atoms with van der Waals surface area (Å²) in [6.45, 7) is 1.37. The molecule has 0 aliphatic rings. The van der Waals surface area contributed by atoms with Crippen LogP contribution in [0.5, 0.6) is 0 Å². The van der Waals surface area contributed by atoms with Crippen molar-refractivity contribution in [2.45, 2.75) is 13.0 Å². The maximum absolute atomic E-state index is 9.19. The Balaban J connectivity index is 2.98. The highest BCUT2D eigenvalue weighted by molar-refractivity contribution is 4.39. The molecule has 0 aliphatic heterocycles. The van der Waals surface area contributed by atoms with Crippen LogP contribution < -0.4 is 0 Å². The third-order valence-electron chi connectivity index (χ3n) is 0.480. The maximum atomic E-state index is 9.19. The third kappa shape index (κ3) is 3.18. The standard InChI is InChI=1S/C3H7NO3/c1-3(2-5)7-4-6/h3,5H,2H2,1H3/t3-/m0/s1. The fraction of sp³-hybridized carbons (Fsp3) is 1.00. The van der Waals surface area contributed by atoms with Gasteiger partial charge in [0.25, 0.3) is 0 Å². The Morgan fingerprint density at radius 1 is 2.00 bits per heavy atom. The molecule has 0 spiro atoms. The largest absolute Gasteiger partial charge is 0.392 e. The second-order valence-electron chi connectivity index (χ2n) is 1.17. The molecule has 0 radical (unpaired) electrons. The summed E-state index contributed by atoms with van der Waals surface area (Å²) in [5.74, 6) is 0.